The van der Waals surface area contributed by atoms with Gasteiger partial charge in [0.2, 0.25) is 6.33 Å². The van der Waals surface area contributed by atoms with E-state index >= 15 is 0 Å². The largest absolute Gasteiger partial charge is 0.476 e. The first-order valence-corrected chi connectivity index (χ1v) is 11.6. The van der Waals surface area contributed by atoms with Crippen LogP contribution < -0.4 is 20.3 Å². The highest BCUT2D eigenvalue weighted by Crippen LogP contribution is 2.25. The number of nitrogens with zero attached hydrogens (tertiary/aromatic N) is 3. The molecule has 0 aliphatic heterocycles. The number of carboxylic acid groups (broad SMARTS) is 1. The first kappa shape index (κ1) is 23.3. The summed E-state index contributed by atoms with van der Waals surface area (Å²) in [5.41, 5.74) is 5.98. The minimum Gasteiger partial charge on any atom is -0.476 e. The Labute approximate surface area is 186 Å². The van der Waals surface area contributed by atoms with E-state index < -0.39 is 38.3 Å². The summed E-state index contributed by atoms with van der Waals surface area (Å²) < 4.78 is 45.0. The molecule has 0 aliphatic carbocycles. The molecule has 3 aromatic rings. The van der Waals surface area contributed by atoms with Crippen LogP contribution in [0.25, 0.3) is 0 Å². The van der Waals surface area contributed by atoms with Crippen LogP contribution in [0.2, 0.25) is 0 Å². The fraction of sp³-hybridized carbons (Fsp3) is 0.222. The van der Waals surface area contributed by atoms with Gasteiger partial charge in [0.05, 0.1) is 22.6 Å². The SMILES string of the molecule is NCCCn1cc[n+](CC(=O)Nc2ccc(S(=O)(=O)Nc3scnc3C(=O)O)cc2F)c1. The van der Waals surface area contributed by atoms with Gasteiger partial charge < -0.3 is 16.2 Å². The number of amides is 1. The molecular weight excluding hydrogens is 463 g/mol. The third-order valence-corrected chi connectivity index (χ3v) is 6.43. The summed E-state index contributed by atoms with van der Waals surface area (Å²) in [6, 6.07) is 2.94. The molecule has 0 atom stereocenters. The highest BCUT2D eigenvalue weighted by Gasteiger charge is 2.22. The van der Waals surface area contributed by atoms with Crippen molar-refractivity contribution in [2.45, 2.75) is 24.4 Å². The highest BCUT2D eigenvalue weighted by molar-refractivity contribution is 7.93. The molecule has 3 rings (SSSR count). The number of rotatable bonds is 10. The van der Waals surface area contributed by atoms with Crippen LogP contribution in [-0.2, 0) is 27.9 Å². The number of aromatic nitrogens is 3. The van der Waals surface area contributed by atoms with Gasteiger partial charge in [-0.2, -0.15) is 0 Å². The average Bonchev–Trinajstić information content (AvgIpc) is 3.36. The Morgan fingerprint density at radius 2 is 2.12 bits per heavy atom. The van der Waals surface area contributed by atoms with Gasteiger partial charge in [-0.1, -0.05) is 0 Å². The summed E-state index contributed by atoms with van der Waals surface area (Å²) in [6.45, 7) is 1.18. The van der Waals surface area contributed by atoms with Crippen molar-refractivity contribution in [2.24, 2.45) is 5.73 Å². The van der Waals surface area contributed by atoms with E-state index in [1.165, 1.54) is 5.51 Å². The molecule has 0 bridgehead atoms. The molecule has 1 aromatic carbocycles. The number of imidazole rings is 1. The Balaban J connectivity index is 1.67. The van der Waals surface area contributed by atoms with Gasteiger partial charge in [-0.15, -0.1) is 11.3 Å². The number of hydrogen-bond donors (Lipinski definition) is 4. The van der Waals surface area contributed by atoms with E-state index in [0.717, 1.165) is 36.0 Å². The van der Waals surface area contributed by atoms with Gasteiger partial charge in [0.1, 0.15) is 23.2 Å². The molecule has 11 nitrogen and oxygen atoms in total. The maximum absolute atomic E-state index is 14.5. The smallest absolute Gasteiger partial charge is 0.357 e. The topological polar surface area (TPSA) is 160 Å². The Morgan fingerprint density at radius 1 is 1.34 bits per heavy atom. The number of nitrogens with one attached hydrogen (secondary N) is 2. The van der Waals surface area contributed by atoms with Gasteiger partial charge >= 0.3 is 5.97 Å². The maximum Gasteiger partial charge on any atom is 0.357 e. The lowest BCUT2D eigenvalue weighted by Gasteiger charge is -2.09. The van der Waals surface area contributed by atoms with Crippen molar-refractivity contribution in [1.82, 2.24) is 9.55 Å². The van der Waals surface area contributed by atoms with Gasteiger partial charge in [0, 0.05) is 0 Å². The lowest BCUT2D eigenvalue weighted by molar-refractivity contribution is -0.683. The maximum atomic E-state index is 14.5. The zero-order chi connectivity index (χ0) is 23.3. The predicted molar refractivity (Wildman–Crippen MR) is 113 cm³/mol. The van der Waals surface area contributed by atoms with Crippen molar-refractivity contribution in [3.05, 3.63) is 53.9 Å². The molecule has 0 aliphatic rings. The summed E-state index contributed by atoms with van der Waals surface area (Å²) in [7, 11) is -4.27. The first-order chi connectivity index (χ1) is 15.2. The number of aryl methyl sites for hydroxylation is 1. The van der Waals surface area contributed by atoms with Gasteiger partial charge in [-0.3, -0.25) is 9.52 Å². The molecule has 0 unspecified atom stereocenters. The fourth-order valence-electron chi connectivity index (χ4n) is 2.71. The van der Waals surface area contributed by atoms with Gasteiger partial charge in [0.15, 0.2) is 12.2 Å². The Bertz CT molecular complexity index is 1240. The number of benzene rings is 1. The minimum atomic E-state index is -4.27. The molecule has 2 heterocycles. The summed E-state index contributed by atoms with van der Waals surface area (Å²) in [4.78, 5) is 26.4. The van der Waals surface area contributed by atoms with Crippen molar-refractivity contribution in [2.75, 3.05) is 16.6 Å². The summed E-state index contributed by atoms with van der Waals surface area (Å²) >= 11 is 0.779. The van der Waals surface area contributed by atoms with Crippen molar-refractivity contribution in [3.8, 4) is 0 Å². The third-order valence-electron chi connectivity index (χ3n) is 4.21. The molecule has 0 saturated carbocycles. The average molecular weight is 484 g/mol. The molecule has 5 N–H and O–H groups in total. The molecule has 14 heteroatoms. The number of anilines is 2. The van der Waals surface area contributed by atoms with E-state index in [9.17, 15) is 22.4 Å². The van der Waals surface area contributed by atoms with E-state index in [-0.39, 0.29) is 17.2 Å². The van der Waals surface area contributed by atoms with Gasteiger partial charge in [-0.25, -0.2) is 31.7 Å². The fourth-order valence-corrected chi connectivity index (χ4v) is 4.71. The van der Waals surface area contributed by atoms with E-state index in [1.54, 1.807) is 23.3 Å². The number of sulfonamides is 1. The predicted octanol–water partition coefficient (Wildman–Crippen LogP) is 0.858. The molecule has 0 spiro atoms. The third kappa shape index (κ3) is 5.66. The minimum absolute atomic E-state index is 0.0694. The van der Waals surface area contributed by atoms with Crippen LogP contribution >= 0.6 is 11.3 Å². The number of carbonyl (C=O) groups is 2. The van der Waals surface area contributed by atoms with E-state index in [0.29, 0.717) is 13.1 Å². The Kier molecular flexibility index (Phi) is 7.17. The number of halogens is 1. The number of nitrogens with two attached hydrogens (primary N) is 1. The summed E-state index contributed by atoms with van der Waals surface area (Å²) in [6.07, 6.45) is 5.99. The van der Waals surface area contributed by atoms with Crippen molar-refractivity contribution < 1.29 is 32.1 Å². The Morgan fingerprint density at radius 3 is 2.81 bits per heavy atom. The molecule has 0 fully saturated rings. The second-order valence-corrected chi connectivity index (χ2v) is 9.13. The molecule has 1 amide bonds. The highest BCUT2D eigenvalue weighted by atomic mass is 32.2. The van der Waals surface area contributed by atoms with Crippen molar-refractivity contribution in [1.29, 1.82) is 0 Å². The van der Waals surface area contributed by atoms with Crippen molar-refractivity contribution >= 4 is 43.9 Å². The van der Waals surface area contributed by atoms with Crippen LogP contribution in [0.3, 0.4) is 0 Å². The van der Waals surface area contributed by atoms with E-state index in [4.69, 9.17) is 10.8 Å². The molecular formula is C18H20FN6O5S2+. The second-order valence-electron chi connectivity index (χ2n) is 6.60. The van der Waals surface area contributed by atoms with E-state index in [2.05, 4.69) is 15.0 Å². The number of hydrogen-bond acceptors (Lipinski definition) is 7. The molecule has 0 radical (unpaired) electrons. The molecule has 32 heavy (non-hydrogen) atoms. The lowest BCUT2D eigenvalue weighted by Crippen LogP contribution is -2.38. The van der Waals surface area contributed by atoms with E-state index in [1.807, 2.05) is 4.57 Å². The quantitative estimate of drug-likeness (QED) is 0.311. The molecule has 2 aromatic heterocycles. The standard InChI is InChI=1S/C18H19FN6O5S2/c19-13-8-12(32(29,30)23-17-16(18(27)28)21-10-31-17)2-3-14(13)22-15(26)9-25-7-6-24(11-25)5-1-4-20/h2-3,6-8,10-11,23H,1,4-5,9,20H2,(H-,22,26,27,28)/p+1. The zero-order valence-electron chi connectivity index (χ0n) is 16.6. The number of carboxylic acids is 1. The van der Waals surface area contributed by atoms with Crippen LogP contribution in [0, 0.1) is 5.82 Å². The lowest BCUT2D eigenvalue weighted by atomic mass is 10.3. The number of thiazole rings is 1. The monoisotopic (exact) mass is 483 g/mol. The number of carbonyl (C=O) groups excluding carboxylic acids is 1. The zero-order valence-corrected chi connectivity index (χ0v) is 18.2. The number of aromatic carboxylic acids is 1. The van der Waals surface area contributed by atoms with Crippen molar-refractivity contribution in [3.63, 3.8) is 0 Å². The van der Waals surface area contributed by atoms with Crippen LogP contribution in [0.1, 0.15) is 16.9 Å². The summed E-state index contributed by atoms with van der Waals surface area (Å²) in [5.74, 6) is -2.87. The first-order valence-electron chi connectivity index (χ1n) is 9.23. The van der Waals surface area contributed by atoms with Crippen LogP contribution in [-0.4, -0.2) is 41.5 Å². The van der Waals surface area contributed by atoms with Crippen LogP contribution in [0.5, 0.6) is 0 Å². The summed E-state index contributed by atoms with van der Waals surface area (Å²) in [5, 5.41) is 11.2. The van der Waals surface area contributed by atoms with Crippen LogP contribution in [0.15, 0.2) is 47.3 Å². The Hall–Kier alpha value is -3.36. The second kappa shape index (κ2) is 9.84. The molecule has 170 valence electrons. The van der Waals surface area contributed by atoms with Gasteiger partial charge in [-0.05, 0) is 31.2 Å². The van der Waals surface area contributed by atoms with Gasteiger partial charge in [0.25, 0.3) is 15.9 Å². The molecule has 0 saturated heterocycles. The van der Waals surface area contributed by atoms with Crippen LogP contribution in [0.4, 0.5) is 15.1 Å². The normalized spacial score (nSPS) is 11.3.